The quantitative estimate of drug-likeness (QED) is 0.631. The highest BCUT2D eigenvalue weighted by Crippen LogP contribution is 2.28. The van der Waals surface area contributed by atoms with Crippen LogP contribution >= 0.6 is 0 Å². The topological polar surface area (TPSA) is 38.7 Å². The molecule has 0 radical (unpaired) electrons. The van der Waals surface area contributed by atoms with Crippen molar-refractivity contribution in [2.45, 2.75) is 44.5 Å². The third kappa shape index (κ3) is 4.11. The van der Waals surface area contributed by atoms with Crippen molar-refractivity contribution in [2.75, 3.05) is 6.79 Å². The van der Waals surface area contributed by atoms with Gasteiger partial charge in [0.05, 0.1) is 6.61 Å². The summed E-state index contributed by atoms with van der Waals surface area (Å²) in [6, 6.07) is 9.96. The first kappa shape index (κ1) is 12.6. The smallest absolute Gasteiger partial charge is 0.168 e. The average Bonchev–Trinajstić information content (AvgIpc) is 2.37. The third-order valence-electron chi connectivity index (χ3n) is 3.16. The summed E-state index contributed by atoms with van der Waals surface area (Å²) in [4.78, 5) is 0. The van der Waals surface area contributed by atoms with Gasteiger partial charge in [0.25, 0.3) is 0 Å². The summed E-state index contributed by atoms with van der Waals surface area (Å²) in [5.74, 6) is -0.949. The maximum atomic E-state index is 10.1. The first-order valence-corrected chi connectivity index (χ1v) is 6.27. The Balaban J connectivity index is 1.66. The van der Waals surface area contributed by atoms with Crippen molar-refractivity contribution in [1.82, 2.24) is 0 Å². The first-order chi connectivity index (χ1) is 8.29. The largest absolute Gasteiger partial charge is 0.365 e. The lowest BCUT2D eigenvalue weighted by Crippen LogP contribution is -2.35. The zero-order valence-electron chi connectivity index (χ0n) is 10.1. The maximum Gasteiger partial charge on any atom is 0.168 e. The fourth-order valence-electron chi connectivity index (χ4n) is 2.13. The number of hydrogen-bond acceptors (Lipinski definition) is 3. The minimum atomic E-state index is -0.949. The maximum absolute atomic E-state index is 10.1. The van der Waals surface area contributed by atoms with Crippen LogP contribution in [0.5, 0.6) is 0 Å². The molecule has 0 saturated heterocycles. The second kappa shape index (κ2) is 6.15. The van der Waals surface area contributed by atoms with Gasteiger partial charge in [0.15, 0.2) is 12.6 Å². The summed E-state index contributed by atoms with van der Waals surface area (Å²) in [7, 11) is 0. The van der Waals surface area contributed by atoms with Crippen LogP contribution in [0.15, 0.2) is 30.3 Å². The van der Waals surface area contributed by atoms with Crippen molar-refractivity contribution in [1.29, 1.82) is 0 Å². The molecule has 1 saturated carbocycles. The summed E-state index contributed by atoms with van der Waals surface area (Å²) in [5, 5.41) is 10.1. The number of benzene rings is 1. The molecule has 0 aromatic heterocycles. The van der Waals surface area contributed by atoms with Crippen LogP contribution in [0, 0.1) is 0 Å². The van der Waals surface area contributed by atoms with Crippen LogP contribution in [0.2, 0.25) is 0 Å². The Labute approximate surface area is 102 Å². The van der Waals surface area contributed by atoms with Crippen LogP contribution in [0.3, 0.4) is 0 Å². The Morgan fingerprint density at radius 1 is 1.06 bits per heavy atom. The van der Waals surface area contributed by atoms with Crippen molar-refractivity contribution >= 4 is 0 Å². The molecule has 3 nitrogen and oxygen atoms in total. The van der Waals surface area contributed by atoms with E-state index < -0.39 is 5.79 Å². The lowest BCUT2D eigenvalue weighted by atomic mass is 9.94. The number of aliphatic hydroxyl groups is 1. The minimum Gasteiger partial charge on any atom is -0.365 e. The molecule has 17 heavy (non-hydrogen) atoms. The van der Waals surface area contributed by atoms with Gasteiger partial charge in [-0.3, -0.25) is 0 Å². The van der Waals surface area contributed by atoms with Gasteiger partial charge in [0.1, 0.15) is 0 Å². The van der Waals surface area contributed by atoms with E-state index in [0.29, 0.717) is 6.61 Å². The Morgan fingerprint density at radius 3 is 2.47 bits per heavy atom. The highest BCUT2D eigenvalue weighted by Gasteiger charge is 2.29. The van der Waals surface area contributed by atoms with E-state index in [1.165, 1.54) is 6.42 Å². The van der Waals surface area contributed by atoms with E-state index in [2.05, 4.69) is 0 Å². The molecule has 0 unspecified atom stereocenters. The summed E-state index contributed by atoms with van der Waals surface area (Å²) in [6.45, 7) is 0.683. The molecule has 0 heterocycles. The molecule has 1 N–H and O–H groups in total. The fourth-order valence-corrected chi connectivity index (χ4v) is 2.13. The van der Waals surface area contributed by atoms with Crippen molar-refractivity contribution in [3.05, 3.63) is 35.9 Å². The van der Waals surface area contributed by atoms with Gasteiger partial charge in [-0.1, -0.05) is 36.8 Å². The molecule has 0 atom stereocenters. The summed E-state index contributed by atoms with van der Waals surface area (Å²) < 4.78 is 10.8. The van der Waals surface area contributed by atoms with Crippen LogP contribution in [-0.2, 0) is 16.1 Å². The minimum absolute atomic E-state index is 0.158. The van der Waals surface area contributed by atoms with Crippen molar-refractivity contribution < 1.29 is 14.6 Å². The predicted molar refractivity (Wildman–Crippen MR) is 65.2 cm³/mol. The molecule has 1 aliphatic carbocycles. The second-order valence-electron chi connectivity index (χ2n) is 4.60. The van der Waals surface area contributed by atoms with Crippen LogP contribution in [-0.4, -0.2) is 17.7 Å². The van der Waals surface area contributed by atoms with E-state index in [-0.39, 0.29) is 6.79 Å². The molecular formula is C14H20O3. The lowest BCUT2D eigenvalue weighted by molar-refractivity contribution is -0.262. The van der Waals surface area contributed by atoms with Gasteiger partial charge in [-0.2, -0.15) is 0 Å². The Hall–Kier alpha value is -0.900. The van der Waals surface area contributed by atoms with Gasteiger partial charge in [-0.15, -0.1) is 0 Å². The lowest BCUT2D eigenvalue weighted by Gasteiger charge is -2.31. The molecule has 0 spiro atoms. The molecule has 0 aliphatic heterocycles. The standard InChI is InChI=1S/C14H20O3/c15-14(9-5-2-6-10-14)17-12-16-11-13-7-3-1-4-8-13/h1,3-4,7-8,15H,2,5-6,9-12H2. The molecule has 0 amide bonds. The normalized spacial score (nSPS) is 19.1. The van der Waals surface area contributed by atoms with Crippen molar-refractivity contribution in [3.63, 3.8) is 0 Å². The van der Waals surface area contributed by atoms with Crippen molar-refractivity contribution in [3.8, 4) is 0 Å². The molecule has 1 aliphatic rings. The van der Waals surface area contributed by atoms with Gasteiger partial charge in [0.2, 0.25) is 0 Å². The summed E-state index contributed by atoms with van der Waals surface area (Å²) in [5.41, 5.74) is 1.12. The zero-order chi connectivity index (χ0) is 12.0. The predicted octanol–water partition coefficient (Wildman–Crippen LogP) is 2.83. The SMILES string of the molecule is OC1(OCOCc2ccccc2)CCCCC1. The van der Waals surface area contributed by atoms with E-state index in [9.17, 15) is 5.11 Å². The van der Waals surface area contributed by atoms with E-state index in [1.807, 2.05) is 30.3 Å². The van der Waals surface area contributed by atoms with Crippen LogP contribution in [0.25, 0.3) is 0 Å². The van der Waals surface area contributed by atoms with Crippen LogP contribution in [0.4, 0.5) is 0 Å². The second-order valence-corrected chi connectivity index (χ2v) is 4.60. The van der Waals surface area contributed by atoms with E-state index >= 15 is 0 Å². The van der Waals surface area contributed by atoms with Crippen molar-refractivity contribution in [2.24, 2.45) is 0 Å². The Morgan fingerprint density at radius 2 is 1.76 bits per heavy atom. The van der Waals surface area contributed by atoms with Gasteiger partial charge in [-0.25, -0.2) is 0 Å². The first-order valence-electron chi connectivity index (χ1n) is 6.27. The van der Waals surface area contributed by atoms with Gasteiger partial charge in [0, 0.05) is 12.8 Å². The van der Waals surface area contributed by atoms with Crippen LogP contribution in [0.1, 0.15) is 37.7 Å². The number of rotatable bonds is 5. The Kier molecular flexibility index (Phi) is 4.54. The monoisotopic (exact) mass is 236 g/mol. The number of ether oxygens (including phenoxy) is 2. The highest BCUT2D eigenvalue weighted by atomic mass is 16.7. The summed E-state index contributed by atoms with van der Waals surface area (Å²) >= 11 is 0. The molecule has 1 aromatic rings. The summed E-state index contributed by atoms with van der Waals surface area (Å²) in [6.07, 6.45) is 4.71. The molecule has 94 valence electrons. The van der Waals surface area contributed by atoms with Gasteiger partial charge >= 0.3 is 0 Å². The molecule has 2 rings (SSSR count). The van der Waals surface area contributed by atoms with Gasteiger partial charge < -0.3 is 14.6 Å². The number of hydrogen-bond donors (Lipinski definition) is 1. The molecule has 1 fully saturated rings. The average molecular weight is 236 g/mol. The molecule has 3 heteroatoms. The Bertz CT molecular complexity index is 317. The van der Waals surface area contributed by atoms with Gasteiger partial charge in [-0.05, 0) is 18.4 Å². The van der Waals surface area contributed by atoms with E-state index in [1.54, 1.807) is 0 Å². The zero-order valence-corrected chi connectivity index (χ0v) is 10.1. The third-order valence-corrected chi connectivity index (χ3v) is 3.16. The van der Waals surface area contributed by atoms with E-state index in [4.69, 9.17) is 9.47 Å². The molecule has 1 aromatic carbocycles. The molecule has 0 bridgehead atoms. The molecular weight excluding hydrogens is 216 g/mol. The van der Waals surface area contributed by atoms with E-state index in [0.717, 1.165) is 31.2 Å². The fraction of sp³-hybridized carbons (Fsp3) is 0.571. The van der Waals surface area contributed by atoms with Crippen LogP contribution < -0.4 is 0 Å². The highest BCUT2D eigenvalue weighted by molar-refractivity contribution is 5.13.